The summed E-state index contributed by atoms with van der Waals surface area (Å²) in [6.45, 7) is -0.478. The van der Waals surface area contributed by atoms with E-state index in [4.69, 9.17) is 11.6 Å². The summed E-state index contributed by atoms with van der Waals surface area (Å²) >= 11 is 5.78. The topological polar surface area (TPSA) is 84.5 Å². The van der Waals surface area contributed by atoms with Crippen molar-refractivity contribution in [2.45, 2.75) is 0 Å². The number of benzene rings is 1. The Morgan fingerprint density at radius 2 is 2.18 bits per heavy atom. The Morgan fingerprint density at radius 3 is 2.71 bits per heavy atom. The van der Waals surface area contributed by atoms with Crippen LogP contribution in [-0.4, -0.2) is 25.6 Å². The van der Waals surface area contributed by atoms with Crippen LogP contribution in [0.3, 0.4) is 0 Å². The smallest absolute Gasteiger partial charge is 0.333 e. The average molecular weight is 257 g/mol. The molecule has 0 aliphatic carbocycles. The monoisotopic (exact) mass is 256 g/mol. The van der Waals surface area contributed by atoms with Crippen LogP contribution in [0.5, 0.6) is 0 Å². The van der Waals surface area contributed by atoms with Gasteiger partial charge < -0.3 is 15.2 Å². The molecule has 17 heavy (non-hydrogen) atoms. The van der Waals surface area contributed by atoms with Crippen LogP contribution in [0.15, 0.2) is 24.3 Å². The van der Waals surface area contributed by atoms with Crippen molar-refractivity contribution < 1.29 is 14.7 Å². The number of halogens is 1. The minimum atomic E-state index is -1.32. The van der Waals surface area contributed by atoms with Crippen molar-refractivity contribution >= 4 is 29.3 Å². The second-order valence-electron chi connectivity index (χ2n) is 3.13. The number of nitrogens with one attached hydrogen (secondary N) is 2. The Kier molecular flexibility index (Phi) is 4.59. The lowest BCUT2D eigenvalue weighted by atomic mass is 10.3. The molecule has 0 atom stereocenters. The molecular weight excluding hydrogens is 246 g/mol. The molecule has 0 heterocycles. The Balaban J connectivity index is 2.89. The van der Waals surface area contributed by atoms with Crippen LogP contribution in [0.1, 0.15) is 0 Å². The van der Waals surface area contributed by atoms with E-state index in [1.54, 1.807) is 18.2 Å². The largest absolute Gasteiger partial charge is 0.548 e. The highest BCUT2D eigenvalue weighted by molar-refractivity contribution is 6.30. The van der Waals surface area contributed by atoms with Crippen molar-refractivity contribution in [2.24, 2.45) is 0 Å². The maximum Gasteiger partial charge on any atom is 0.333 e. The number of nitrogens with zero attached hydrogens (tertiary/aromatic N) is 1. The van der Waals surface area contributed by atoms with Gasteiger partial charge >= 0.3 is 6.03 Å². The highest BCUT2D eigenvalue weighted by Gasteiger charge is 2.09. The van der Waals surface area contributed by atoms with E-state index in [9.17, 15) is 14.7 Å². The maximum atomic E-state index is 11.2. The molecule has 0 aromatic heterocycles. The first-order valence-electron chi connectivity index (χ1n) is 4.74. The molecule has 1 rings (SSSR count). The van der Waals surface area contributed by atoms with Crippen LogP contribution < -0.4 is 20.9 Å². The summed E-state index contributed by atoms with van der Waals surface area (Å²) in [6.07, 6.45) is 0. The molecule has 0 bridgehead atoms. The van der Waals surface area contributed by atoms with Crippen LogP contribution in [-0.2, 0) is 4.79 Å². The molecule has 0 saturated carbocycles. The molecule has 0 fully saturated rings. The number of rotatable bonds is 4. The molecule has 2 N–H and O–H groups in total. The normalized spacial score (nSPS) is 9.53. The van der Waals surface area contributed by atoms with E-state index in [1.807, 2.05) is 0 Å². The molecular formula is C10H11ClN3O3-. The first-order valence-corrected chi connectivity index (χ1v) is 5.12. The van der Waals surface area contributed by atoms with Gasteiger partial charge in [-0.3, -0.25) is 5.01 Å². The molecule has 1 aromatic rings. The van der Waals surface area contributed by atoms with Gasteiger partial charge in [0.25, 0.3) is 0 Å². The number of carboxylic acid groups (broad SMARTS) is 1. The number of carbonyl (C=O) groups is 2. The second kappa shape index (κ2) is 5.95. The zero-order valence-electron chi connectivity index (χ0n) is 9.07. The lowest BCUT2D eigenvalue weighted by molar-refractivity contribution is -0.303. The first kappa shape index (κ1) is 13.1. The van der Waals surface area contributed by atoms with Crippen molar-refractivity contribution in [1.82, 2.24) is 10.7 Å². The molecule has 0 spiro atoms. The predicted octanol–water partition coefficient (Wildman–Crippen LogP) is -0.260. The number of aliphatic carboxylic acids is 1. The lowest BCUT2D eigenvalue weighted by Gasteiger charge is -2.25. The fraction of sp³-hybridized carbons (Fsp3) is 0.200. The van der Waals surface area contributed by atoms with E-state index in [1.165, 1.54) is 13.1 Å². The third-order valence-corrected chi connectivity index (χ3v) is 2.11. The van der Waals surface area contributed by atoms with E-state index < -0.39 is 18.5 Å². The summed E-state index contributed by atoms with van der Waals surface area (Å²) < 4.78 is 0. The quantitative estimate of drug-likeness (QED) is 0.727. The summed E-state index contributed by atoms with van der Waals surface area (Å²) in [5.74, 6) is -1.32. The Bertz CT molecular complexity index is 425. The summed E-state index contributed by atoms with van der Waals surface area (Å²) in [5, 5.41) is 14.5. The summed E-state index contributed by atoms with van der Waals surface area (Å²) in [7, 11) is 1.42. The highest BCUT2D eigenvalue weighted by Crippen LogP contribution is 2.17. The number of hydrogen-bond acceptors (Lipinski definition) is 4. The molecule has 0 aliphatic rings. The maximum absolute atomic E-state index is 11.2. The Hall–Kier alpha value is -1.95. The van der Waals surface area contributed by atoms with Crippen LogP contribution in [0.25, 0.3) is 0 Å². The van der Waals surface area contributed by atoms with Crippen molar-refractivity contribution in [2.75, 3.05) is 18.6 Å². The van der Waals surface area contributed by atoms with Crippen LogP contribution >= 0.6 is 11.6 Å². The van der Waals surface area contributed by atoms with Crippen LogP contribution in [0, 0.1) is 0 Å². The van der Waals surface area contributed by atoms with E-state index in [0.717, 1.165) is 5.01 Å². The van der Waals surface area contributed by atoms with E-state index >= 15 is 0 Å². The van der Waals surface area contributed by atoms with Gasteiger partial charge in [-0.05, 0) is 18.2 Å². The second-order valence-corrected chi connectivity index (χ2v) is 3.57. The van der Waals surface area contributed by atoms with Crippen molar-refractivity contribution in [3.63, 3.8) is 0 Å². The molecule has 0 radical (unpaired) electrons. The number of amides is 2. The molecule has 2 amide bonds. The SMILES string of the molecule is CNC(=O)NN(CC(=O)[O-])c1cccc(Cl)c1. The summed E-state index contributed by atoms with van der Waals surface area (Å²) in [4.78, 5) is 21.7. The highest BCUT2D eigenvalue weighted by atomic mass is 35.5. The third-order valence-electron chi connectivity index (χ3n) is 1.87. The number of carbonyl (C=O) groups excluding carboxylic acids is 2. The number of hydrazine groups is 1. The van der Waals surface area contributed by atoms with Crippen molar-refractivity contribution in [3.05, 3.63) is 29.3 Å². The fourth-order valence-electron chi connectivity index (χ4n) is 1.15. The summed E-state index contributed by atoms with van der Waals surface area (Å²) in [6, 6.07) is 5.89. The zero-order chi connectivity index (χ0) is 12.8. The first-order chi connectivity index (χ1) is 8.02. The van der Waals surface area contributed by atoms with Gasteiger partial charge in [-0.25, -0.2) is 10.2 Å². The van der Waals surface area contributed by atoms with E-state index in [-0.39, 0.29) is 0 Å². The van der Waals surface area contributed by atoms with E-state index in [0.29, 0.717) is 10.7 Å². The standard InChI is InChI=1S/C10H12ClN3O3/c1-12-10(17)13-14(6-9(15)16)8-4-2-3-7(11)5-8/h2-5H,6H2,1H3,(H,15,16)(H2,12,13,17)/p-1. The van der Waals surface area contributed by atoms with Gasteiger partial charge in [-0.1, -0.05) is 17.7 Å². The molecule has 1 aromatic carbocycles. The Morgan fingerprint density at radius 1 is 1.47 bits per heavy atom. The number of anilines is 1. The number of urea groups is 1. The average Bonchev–Trinajstić information content (AvgIpc) is 2.27. The van der Waals surface area contributed by atoms with Gasteiger partial charge in [-0.15, -0.1) is 0 Å². The fourth-order valence-corrected chi connectivity index (χ4v) is 1.33. The van der Waals surface area contributed by atoms with Crippen molar-refractivity contribution in [3.8, 4) is 0 Å². The van der Waals surface area contributed by atoms with Gasteiger partial charge in [-0.2, -0.15) is 0 Å². The molecule has 0 saturated heterocycles. The molecule has 6 nitrogen and oxygen atoms in total. The predicted molar refractivity (Wildman–Crippen MR) is 61.4 cm³/mol. The lowest BCUT2D eigenvalue weighted by Crippen LogP contribution is -2.51. The van der Waals surface area contributed by atoms with Crippen LogP contribution in [0.2, 0.25) is 5.02 Å². The van der Waals surface area contributed by atoms with Crippen LogP contribution in [0.4, 0.5) is 10.5 Å². The number of carboxylic acids is 1. The van der Waals surface area contributed by atoms with Gasteiger partial charge in [0.05, 0.1) is 18.2 Å². The Labute approximate surface area is 103 Å². The van der Waals surface area contributed by atoms with Gasteiger partial charge in [0, 0.05) is 12.1 Å². The molecule has 0 unspecified atom stereocenters. The van der Waals surface area contributed by atoms with Gasteiger partial charge in [0.1, 0.15) is 0 Å². The molecule has 0 aliphatic heterocycles. The zero-order valence-corrected chi connectivity index (χ0v) is 9.82. The van der Waals surface area contributed by atoms with Gasteiger partial charge in [0.15, 0.2) is 0 Å². The summed E-state index contributed by atoms with van der Waals surface area (Å²) in [5.41, 5.74) is 2.79. The van der Waals surface area contributed by atoms with E-state index in [2.05, 4.69) is 10.7 Å². The third kappa shape index (κ3) is 4.20. The minimum absolute atomic E-state index is 0.435. The molecule has 7 heteroatoms. The molecule has 92 valence electrons. The minimum Gasteiger partial charge on any atom is -0.548 e. The van der Waals surface area contributed by atoms with Gasteiger partial charge in [0.2, 0.25) is 0 Å². The number of hydrogen-bond donors (Lipinski definition) is 2. The van der Waals surface area contributed by atoms with Crippen molar-refractivity contribution in [1.29, 1.82) is 0 Å².